The van der Waals surface area contributed by atoms with Gasteiger partial charge in [0.15, 0.2) is 0 Å². The first-order valence-corrected chi connectivity index (χ1v) is 7.73. The topological polar surface area (TPSA) is 43.8 Å². The molecule has 0 aromatic heterocycles. The van der Waals surface area contributed by atoms with E-state index in [-0.39, 0.29) is 12.0 Å². The Hall–Kier alpha value is -0.610. The quantitative estimate of drug-likeness (QED) is 0.849. The number of carboxylic acids is 1. The fourth-order valence-corrected chi connectivity index (χ4v) is 3.84. The van der Waals surface area contributed by atoms with Crippen LogP contribution in [0.15, 0.2) is 0 Å². The number of piperazine rings is 1. The summed E-state index contributed by atoms with van der Waals surface area (Å²) in [6.45, 7) is 10.9. The van der Waals surface area contributed by atoms with Gasteiger partial charge in [-0.1, -0.05) is 13.8 Å². The van der Waals surface area contributed by atoms with Crippen LogP contribution >= 0.6 is 0 Å². The molecule has 1 N–H and O–H groups in total. The van der Waals surface area contributed by atoms with Crippen LogP contribution in [0.5, 0.6) is 0 Å². The molecule has 2 aliphatic rings. The van der Waals surface area contributed by atoms with Gasteiger partial charge >= 0.3 is 5.97 Å². The summed E-state index contributed by atoms with van der Waals surface area (Å²) >= 11 is 0. The highest BCUT2D eigenvalue weighted by Crippen LogP contribution is 2.33. The number of hydrogen-bond acceptors (Lipinski definition) is 3. The number of likely N-dealkylation sites (N-methyl/N-ethyl adjacent to an activating group) is 1. The van der Waals surface area contributed by atoms with Crippen molar-refractivity contribution < 1.29 is 9.90 Å². The van der Waals surface area contributed by atoms with Crippen LogP contribution in [-0.2, 0) is 4.79 Å². The number of aliphatic carboxylic acids is 1. The van der Waals surface area contributed by atoms with Crippen LogP contribution in [-0.4, -0.2) is 59.1 Å². The minimum atomic E-state index is -0.595. The molecule has 4 heteroatoms. The summed E-state index contributed by atoms with van der Waals surface area (Å²) in [6.07, 6.45) is 2.97. The lowest BCUT2D eigenvalue weighted by molar-refractivity contribution is -0.147. The molecule has 0 aromatic rings. The summed E-state index contributed by atoms with van der Waals surface area (Å²) in [7, 11) is 0. The molecular formula is C15H28N2O2. The van der Waals surface area contributed by atoms with E-state index in [0.717, 1.165) is 45.4 Å². The van der Waals surface area contributed by atoms with Crippen molar-refractivity contribution in [1.82, 2.24) is 9.80 Å². The monoisotopic (exact) mass is 268 g/mol. The number of carboxylic acid groups (broad SMARTS) is 1. The molecule has 19 heavy (non-hydrogen) atoms. The molecule has 0 radical (unpaired) electrons. The fraction of sp³-hybridized carbons (Fsp3) is 0.933. The molecule has 0 aromatic carbocycles. The van der Waals surface area contributed by atoms with Crippen LogP contribution in [0.3, 0.4) is 0 Å². The molecule has 1 aliphatic heterocycles. The van der Waals surface area contributed by atoms with Crippen molar-refractivity contribution in [1.29, 1.82) is 0 Å². The Morgan fingerprint density at radius 3 is 2.58 bits per heavy atom. The molecule has 4 unspecified atom stereocenters. The first-order valence-electron chi connectivity index (χ1n) is 7.73. The van der Waals surface area contributed by atoms with Gasteiger partial charge in [-0.15, -0.1) is 0 Å². The number of carbonyl (C=O) groups is 1. The lowest BCUT2D eigenvalue weighted by atomic mass is 9.78. The number of hydrogen-bond donors (Lipinski definition) is 1. The standard InChI is InChI=1S/C15H28N2O2/c1-4-16-7-8-17(10-12(16)3)14-9-11(2)5-6-13(14)15(18)19/h11-14H,4-10H2,1-3H3,(H,18,19). The smallest absolute Gasteiger partial charge is 0.308 e. The Bertz CT molecular complexity index is 321. The Morgan fingerprint density at radius 1 is 1.26 bits per heavy atom. The molecule has 1 aliphatic carbocycles. The van der Waals surface area contributed by atoms with E-state index in [1.54, 1.807) is 0 Å². The third-order valence-electron chi connectivity index (χ3n) is 5.07. The van der Waals surface area contributed by atoms with E-state index in [4.69, 9.17) is 0 Å². The molecule has 4 nitrogen and oxygen atoms in total. The van der Waals surface area contributed by atoms with E-state index < -0.39 is 5.97 Å². The van der Waals surface area contributed by atoms with E-state index in [9.17, 15) is 9.90 Å². The van der Waals surface area contributed by atoms with Crippen molar-refractivity contribution in [2.75, 3.05) is 26.2 Å². The summed E-state index contributed by atoms with van der Waals surface area (Å²) < 4.78 is 0. The molecule has 2 fully saturated rings. The van der Waals surface area contributed by atoms with Crippen molar-refractivity contribution in [3.8, 4) is 0 Å². The second kappa shape index (κ2) is 6.23. The van der Waals surface area contributed by atoms with Gasteiger partial charge < -0.3 is 5.11 Å². The van der Waals surface area contributed by atoms with E-state index >= 15 is 0 Å². The van der Waals surface area contributed by atoms with Gasteiger partial charge in [0.25, 0.3) is 0 Å². The van der Waals surface area contributed by atoms with E-state index in [0.29, 0.717) is 12.0 Å². The van der Waals surface area contributed by atoms with Crippen LogP contribution < -0.4 is 0 Å². The van der Waals surface area contributed by atoms with Gasteiger partial charge in [-0.25, -0.2) is 0 Å². The van der Waals surface area contributed by atoms with Crippen LogP contribution in [0.4, 0.5) is 0 Å². The Labute approximate surface area is 116 Å². The van der Waals surface area contributed by atoms with E-state index in [1.807, 2.05) is 0 Å². The number of nitrogens with zero attached hydrogens (tertiary/aromatic N) is 2. The third kappa shape index (κ3) is 3.29. The average Bonchev–Trinajstić information content (AvgIpc) is 2.38. The molecule has 2 rings (SSSR count). The lowest BCUT2D eigenvalue weighted by Crippen LogP contribution is -2.57. The van der Waals surface area contributed by atoms with Crippen molar-refractivity contribution in [3.63, 3.8) is 0 Å². The summed E-state index contributed by atoms with van der Waals surface area (Å²) in [5, 5.41) is 9.45. The van der Waals surface area contributed by atoms with Gasteiger partial charge in [0, 0.05) is 31.7 Å². The molecule has 0 bridgehead atoms. The normalized spacial score (nSPS) is 38.3. The second-order valence-electron chi connectivity index (χ2n) is 6.40. The predicted octanol–water partition coefficient (Wildman–Crippen LogP) is 1.90. The minimum Gasteiger partial charge on any atom is -0.481 e. The lowest BCUT2D eigenvalue weighted by Gasteiger charge is -2.46. The summed E-state index contributed by atoms with van der Waals surface area (Å²) in [4.78, 5) is 16.4. The molecule has 1 heterocycles. The maximum absolute atomic E-state index is 11.5. The van der Waals surface area contributed by atoms with Gasteiger partial charge in [0.1, 0.15) is 0 Å². The van der Waals surface area contributed by atoms with Gasteiger partial charge in [-0.3, -0.25) is 14.6 Å². The summed E-state index contributed by atoms with van der Waals surface area (Å²) in [6, 6.07) is 0.799. The van der Waals surface area contributed by atoms with Crippen LogP contribution in [0.25, 0.3) is 0 Å². The highest BCUT2D eigenvalue weighted by Gasteiger charge is 2.39. The summed E-state index contributed by atoms with van der Waals surface area (Å²) in [5.74, 6) is -0.0841. The van der Waals surface area contributed by atoms with E-state index in [1.165, 1.54) is 0 Å². The molecule has 4 atom stereocenters. The molecule has 0 spiro atoms. The van der Waals surface area contributed by atoms with Gasteiger partial charge in [-0.2, -0.15) is 0 Å². The largest absolute Gasteiger partial charge is 0.481 e. The SMILES string of the molecule is CCN1CCN(C2CC(C)CCC2C(=O)O)CC1C. The molecule has 0 amide bonds. The Balaban J connectivity index is 2.03. The maximum atomic E-state index is 11.5. The van der Waals surface area contributed by atoms with Gasteiger partial charge in [0.05, 0.1) is 5.92 Å². The minimum absolute atomic E-state index is 0.156. The van der Waals surface area contributed by atoms with Crippen LogP contribution in [0, 0.1) is 11.8 Å². The zero-order valence-electron chi connectivity index (χ0n) is 12.5. The van der Waals surface area contributed by atoms with Crippen molar-refractivity contribution >= 4 is 5.97 Å². The summed E-state index contributed by atoms with van der Waals surface area (Å²) in [5.41, 5.74) is 0. The molecule has 110 valence electrons. The van der Waals surface area contributed by atoms with Crippen LogP contribution in [0.2, 0.25) is 0 Å². The molecule has 1 saturated heterocycles. The Kier molecular flexibility index (Phi) is 4.85. The zero-order valence-corrected chi connectivity index (χ0v) is 12.5. The second-order valence-corrected chi connectivity index (χ2v) is 6.40. The maximum Gasteiger partial charge on any atom is 0.308 e. The highest BCUT2D eigenvalue weighted by atomic mass is 16.4. The highest BCUT2D eigenvalue weighted by molar-refractivity contribution is 5.71. The third-order valence-corrected chi connectivity index (χ3v) is 5.07. The van der Waals surface area contributed by atoms with Crippen molar-refractivity contribution in [2.45, 2.75) is 52.1 Å². The fourth-order valence-electron chi connectivity index (χ4n) is 3.84. The molecular weight excluding hydrogens is 240 g/mol. The zero-order chi connectivity index (χ0) is 14.0. The van der Waals surface area contributed by atoms with Crippen molar-refractivity contribution in [3.05, 3.63) is 0 Å². The van der Waals surface area contributed by atoms with Crippen molar-refractivity contribution in [2.24, 2.45) is 11.8 Å². The number of rotatable bonds is 3. The average molecular weight is 268 g/mol. The van der Waals surface area contributed by atoms with E-state index in [2.05, 4.69) is 30.6 Å². The first kappa shape index (κ1) is 14.8. The first-order chi connectivity index (χ1) is 9.02. The Morgan fingerprint density at radius 2 is 2.00 bits per heavy atom. The van der Waals surface area contributed by atoms with Gasteiger partial charge in [-0.05, 0) is 38.6 Å². The molecule has 1 saturated carbocycles. The predicted molar refractivity (Wildman–Crippen MR) is 76.2 cm³/mol. The van der Waals surface area contributed by atoms with Gasteiger partial charge in [0.2, 0.25) is 0 Å². The van der Waals surface area contributed by atoms with Crippen LogP contribution in [0.1, 0.15) is 40.0 Å².